The van der Waals surface area contributed by atoms with Crippen molar-refractivity contribution in [1.82, 2.24) is 4.99 Å². The highest BCUT2D eigenvalue weighted by Crippen LogP contribution is 2.13. The van der Waals surface area contributed by atoms with Gasteiger partial charge in [-0.15, -0.1) is 0 Å². The average molecular weight is 135 g/mol. The Balaban J connectivity index is 2.27. The molecular formula is C8H9NO+. The Labute approximate surface area is 59.9 Å². The predicted molar refractivity (Wildman–Crippen MR) is 39.5 cm³/mol. The highest BCUT2D eigenvalue weighted by atomic mass is 16.5. The zero-order valence-electron chi connectivity index (χ0n) is 5.66. The van der Waals surface area contributed by atoms with E-state index in [2.05, 4.69) is 11.1 Å². The Bertz CT molecular complexity index is 215. The van der Waals surface area contributed by atoms with Gasteiger partial charge in [-0.3, -0.25) is 0 Å². The first-order valence-corrected chi connectivity index (χ1v) is 3.51. The molecule has 0 spiro atoms. The molecule has 1 aliphatic carbocycles. The fraction of sp³-hybridized carbons (Fsp3) is 0.375. The molecule has 2 nitrogen and oxygen atoms in total. The van der Waals surface area contributed by atoms with Gasteiger partial charge < -0.3 is 4.74 Å². The maximum absolute atomic E-state index is 5.32. The van der Waals surface area contributed by atoms with Crippen LogP contribution in [-0.4, -0.2) is 11.8 Å². The second-order valence-corrected chi connectivity index (χ2v) is 2.44. The van der Waals surface area contributed by atoms with Crippen LogP contribution in [-0.2, 0) is 4.74 Å². The van der Waals surface area contributed by atoms with Gasteiger partial charge in [0.15, 0.2) is 12.4 Å². The Morgan fingerprint density at radius 1 is 1.60 bits per heavy atom. The molecule has 2 rings (SSSR count). The summed E-state index contributed by atoms with van der Waals surface area (Å²) in [5.74, 6) is 0. The summed E-state index contributed by atoms with van der Waals surface area (Å²) in [4.78, 5) is 4.18. The molecule has 0 aromatic carbocycles. The van der Waals surface area contributed by atoms with Gasteiger partial charge in [0.1, 0.15) is 0 Å². The number of ether oxygens (including phenoxy) is 1. The van der Waals surface area contributed by atoms with Gasteiger partial charge in [-0.05, 0) is 12.8 Å². The first kappa shape index (κ1) is 5.71. The molecule has 1 atom stereocenters. The molecule has 0 fully saturated rings. The zero-order chi connectivity index (χ0) is 6.81. The van der Waals surface area contributed by atoms with E-state index in [4.69, 9.17) is 4.74 Å². The van der Waals surface area contributed by atoms with Crippen molar-refractivity contribution < 1.29 is 4.74 Å². The van der Waals surface area contributed by atoms with E-state index in [1.54, 1.807) is 12.5 Å². The van der Waals surface area contributed by atoms with Crippen molar-refractivity contribution in [3.8, 4) is 0 Å². The largest absolute Gasteiger partial charge is 0.480 e. The summed E-state index contributed by atoms with van der Waals surface area (Å²) in [6.45, 7) is 0. The zero-order valence-corrected chi connectivity index (χ0v) is 5.66. The summed E-state index contributed by atoms with van der Waals surface area (Å²) in [6, 6.07) is 0. The lowest BCUT2D eigenvalue weighted by atomic mass is 10.0. The fourth-order valence-corrected chi connectivity index (χ4v) is 1.22. The van der Waals surface area contributed by atoms with E-state index in [9.17, 15) is 0 Å². The van der Waals surface area contributed by atoms with Crippen LogP contribution < -0.4 is 4.99 Å². The van der Waals surface area contributed by atoms with Crippen LogP contribution in [0.3, 0.4) is 0 Å². The molecule has 0 saturated carbocycles. The number of hydrogen-bond acceptors (Lipinski definition) is 2. The molecule has 0 saturated heterocycles. The molecule has 0 amide bonds. The topological polar surface area (TPSA) is 23.3 Å². The molecule has 2 heteroatoms. The van der Waals surface area contributed by atoms with Crippen LogP contribution >= 0.6 is 0 Å². The molecule has 1 radical (unpaired) electrons. The van der Waals surface area contributed by atoms with E-state index >= 15 is 0 Å². The third-order valence-electron chi connectivity index (χ3n) is 1.74. The number of hydrogen-bond donors (Lipinski definition) is 0. The van der Waals surface area contributed by atoms with Gasteiger partial charge in [-0.1, -0.05) is 6.08 Å². The van der Waals surface area contributed by atoms with Gasteiger partial charge in [0.2, 0.25) is 0 Å². The Hall–Kier alpha value is -1.05. The first-order valence-electron chi connectivity index (χ1n) is 3.51. The van der Waals surface area contributed by atoms with Gasteiger partial charge in [-0.25, -0.2) is 0 Å². The van der Waals surface area contributed by atoms with Crippen molar-refractivity contribution in [2.24, 2.45) is 0 Å². The van der Waals surface area contributed by atoms with E-state index in [0.29, 0.717) is 0 Å². The van der Waals surface area contributed by atoms with Gasteiger partial charge in [0, 0.05) is 6.08 Å². The highest BCUT2D eigenvalue weighted by molar-refractivity contribution is 5.99. The van der Waals surface area contributed by atoms with Crippen molar-refractivity contribution in [1.29, 1.82) is 0 Å². The Morgan fingerprint density at radius 2 is 2.60 bits per heavy atom. The SMILES string of the molecule is C1=CC2=[N+]C=COC2CC1. The summed E-state index contributed by atoms with van der Waals surface area (Å²) >= 11 is 0. The number of allylic oxidation sites excluding steroid dienone is 1. The van der Waals surface area contributed by atoms with Gasteiger partial charge in [0.25, 0.3) is 11.9 Å². The minimum atomic E-state index is 0.231. The minimum Gasteiger partial charge on any atom is -0.480 e. The number of rotatable bonds is 0. The van der Waals surface area contributed by atoms with Crippen LogP contribution in [0.25, 0.3) is 0 Å². The monoisotopic (exact) mass is 135 g/mol. The molecule has 51 valence electrons. The van der Waals surface area contributed by atoms with E-state index in [0.717, 1.165) is 18.6 Å². The smallest absolute Gasteiger partial charge is 0.293 e. The quantitative estimate of drug-likeness (QED) is 0.485. The lowest BCUT2D eigenvalue weighted by Crippen LogP contribution is -2.28. The summed E-state index contributed by atoms with van der Waals surface area (Å²) in [5, 5.41) is 0. The molecule has 0 aromatic heterocycles. The number of fused-ring (bicyclic) bond motifs is 1. The number of nitrogens with zero attached hydrogens (tertiary/aromatic N) is 1. The first-order chi connectivity index (χ1) is 4.97. The summed E-state index contributed by atoms with van der Waals surface area (Å²) < 4.78 is 5.32. The van der Waals surface area contributed by atoms with Crippen molar-refractivity contribution in [3.63, 3.8) is 0 Å². The van der Waals surface area contributed by atoms with E-state index in [1.807, 2.05) is 6.08 Å². The Kier molecular flexibility index (Phi) is 1.31. The molecule has 0 bridgehead atoms. The van der Waals surface area contributed by atoms with Crippen molar-refractivity contribution in [3.05, 3.63) is 24.6 Å². The molecule has 1 aliphatic heterocycles. The molecule has 1 unspecified atom stereocenters. The van der Waals surface area contributed by atoms with Gasteiger partial charge >= 0.3 is 0 Å². The second-order valence-electron chi connectivity index (χ2n) is 2.44. The van der Waals surface area contributed by atoms with Crippen LogP contribution in [0.1, 0.15) is 12.8 Å². The molecule has 0 aromatic rings. The normalized spacial score (nSPS) is 28.8. The third-order valence-corrected chi connectivity index (χ3v) is 1.74. The van der Waals surface area contributed by atoms with Crippen LogP contribution in [0.2, 0.25) is 0 Å². The van der Waals surface area contributed by atoms with E-state index in [1.165, 1.54) is 0 Å². The van der Waals surface area contributed by atoms with Crippen LogP contribution in [0.5, 0.6) is 0 Å². The van der Waals surface area contributed by atoms with E-state index < -0.39 is 0 Å². The molecule has 10 heavy (non-hydrogen) atoms. The maximum Gasteiger partial charge on any atom is 0.293 e. The summed E-state index contributed by atoms with van der Waals surface area (Å²) in [7, 11) is 0. The molecule has 1 heterocycles. The van der Waals surface area contributed by atoms with Crippen molar-refractivity contribution in [2.75, 3.05) is 0 Å². The van der Waals surface area contributed by atoms with Crippen LogP contribution in [0.15, 0.2) is 24.6 Å². The Morgan fingerprint density at radius 3 is 3.50 bits per heavy atom. The molecule has 2 aliphatic rings. The molecule has 0 N–H and O–H groups in total. The maximum atomic E-state index is 5.32. The van der Waals surface area contributed by atoms with Gasteiger partial charge in [-0.2, -0.15) is 0 Å². The van der Waals surface area contributed by atoms with Crippen molar-refractivity contribution in [2.45, 2.75) is 18.9 Å². The van der Waals surface area contributed by atoms with Crippen molar-refractivity contribution >= 4 is 5.71 Å². The highest BCUT2D eigenvalue weighted by Gasteiger charge is 2.27. The number of aliphatic imine (C=N–C) groups is 1. The predicted octanol–water partition coefficient (Wildman–Crippen LogP) is 0.983. The molecular weight excluding hydrogens is 126 g/mol. The summed E-state index contributed by atoms with van der Waals surface area (Å²) in [5.41, 5.74) is 1.06. The van der Waals surface area contributed by atoms with E-state index in [-0.39, 0.29) is 6.10 Å². The van der Waals surface area contributed by atoms with Crippen LogP contribution in [0, 0.1) is 0 Å². The lowest BCUT2D eigenvalue weighted by molar-refractivity contribution is 0.187. The third kappa shape index (κ3) is 0.856. The van der Waals surface area contributed by atoms with Gasteiger partial charge in [0.05, 0.1) is 4.99 Å². The summed E-state index contributed by atoms with van der Waals surface area (Å²) in [6.07, 6.45) is 9.94. The lowest BCUT2D eigenvalue weighted by Gasteiger charge is -2.14. The second kappa shape index (κ2) is 2.29. The fourth-order valence-electron chi connectivity index (χ4n) is 1.22. The minimum absolute atomic E-state index is 0.231. The standard InChI is InChI=1S/C8H9NO/c1-2-4-8-7(3-1)9-5-6-10-8/h1,3,5-6,8H,2,4H2/q+1. The average Bonchev–Trinajstić information content (AvgIpc) is 2.05. The van der Waals surface area contributed by atoms with Crippen LogP contribution in [0.4, 0.5) is 0 Å².